The highest BCUT2D eigenvalue weighted by Gasteiger charge is 2.18. The summed E-state index contributed by atoms with van der Waals surface area (Å²) in [6.45, 7) is 1.82. The number of carbonyl (C=O) groups excluding carboxylic acids is 1. The third kappa shape index (κ3) is 3.27. The highest BCUT2D eigenvalue weighted by molar-refractivity contribution is 8.03. The number of rotatable bonds is 3. The van der Waals surface area contributed by atoms with Gasteiger partial charge in [-0.15, -0.1) is 11.8 Å². The molecule has 0 radical (unpaired) electrons. The lowest BCUT2D eigenvalue weighted by Crippen LogP contribution is -2.18. The largest absolute Gasteiger partial charge is 0.466 e. The molecule has 1 aromatic carbocycles. The Bertz CT molecular complexity index is 417. The zero-order valence-electron chi connectivity index (χ0n) is 9.76. The maximum absolute atomic E-state index is 11.2. The molecule has 4 heteroatoms. The first-order chi connectivity index (χ1) is 8.29. The van der Waals surface area contributed by atoms with Gasteiger partial charge in [-0.3, -0.25) is 0 Å². The first kappa shape index (κ1) is 12.0. The monoisotopic (exact) mass is 249 g/mol. The van der Waals surface area contributed by atoms with Crippen LogP contribution >= 0.6 is 11.8 Å². The number of benzene rings is 1. The number of ether oxygens (including phenoxy) is 1. The fraction of sp³-hybridized carbons (Fsp3) is 0.308. The third-order valence-corrected chi connectivity index (χ3v) is 3.64. The molecule has 0 N–H and O–H groups in total. The normalized spacial score (nSPS) is 17.5. The SMILES string of the molecule is COC(=O)/C=C1\SCCN1Cc1ccccc1. The van der Waals surface area contributed by atoms with E-state index in [1.165, 1.54) is 12.7 Å². The molecule has 0 saturated carbocycles. The average molecular weight is 249 g/mol. The van der Waals surface area contributed by atoms with Gasteiger partial charge in [-0.1, -0.05) is 30.3 Å². The van der Waals surface area contributed by atoms with E-state index in [9.17, 15) is 4.79 Å². The van der Waals surface area contributed by atoms with E-state index in [1.54, 1.807) is 17.8 Å². The minimum atomic E-state index is -0.285. The van der Waals surface area contributed by atoms with Crippen molar-refractivity contribution in [3.63, 3.8) is 0 Å². The van der Waals surface area contributed by atoms with Crippen molar-refractivity contribution < 1.29 is 9.53 Å². The van der Waals surface area contributed by atoms with Gasteiger partial charge in [-0.05, 0) is 5.56 Å². The van der Waals surface area contributed by atoms with Crippen LogP contribution < -0.4 is 0 Å². The molecule has 0 aliphatic carbocycles. The first-order valence-electron chi connectivity index (χ1n) is 5.51. The molecule has 0 aromatic heterocycles. The van der Waals surface area contributed by atoms with Crippen LogP contribution in [0.1, 0.15) is 5.56 Å². The van der Waals surface area contributed by atoms with Gasteiger partial charge >= 0.3 is 5.97 Å². The zero-order valence-corrected chi connectivity index (χ0v) is 10.6. The van der Waals surface area contributed by atoms with E-state index < -0.39 is 0 Å². The summed E-state index contributed by atoms with van der Waals surface area (Å²) in [5.74, 6) is 0.739. The Labute approximate surface area is 105 Å². The van der Waals surface area contributed by atoms with Crippen LogP contribution in [0, 0.1) is 0 Å². The van der Waals surface area contributed by atoms with Crippen molar-refractivity contribution in [3.8, 4) is 0 Å². The van der Waals surface area contributed by atoms with E-state index in [0.717, 1.165) is 23.9 Å². The van der Waals surface area contributed by atoms with Gasteiger partial charge in [0.1, 0.15) is 0 Å². The summed E-state index contributed by atoms with van der Waals surface area (Å²) in [5, 5.41) is 1.00. The standard InChI is InChI=1S/C13H15NO2S/c1-16-13(15)9-12-14(7-8-17-12)10-11-5-3-2-4-6-11/h2-6,9H,7-8,10H2,1H3/b12-9-. The van der Waals surface area contributed by atoms with Crippen molar-refractivity contribution in [1.82, 2.24) is 4.90 Å². The van der Waals surface area contributed by atoms with E-state index in [2.05, 4.69) is 21.8 Å². The highest BCUT2D eigenvalue weighted by atomic mass is 32.2. The number of carbonyl (C=O) groups is 1. The Morgan fingerprint density at radius 3 is 2.94 bits per heavy atom. The molecule has 2 rings (SSSR count). The minimum absolute atomic E-state index is 0.285. The van der Waals surface area contributed by atoms with Crippen molar-refractivity contribution in [3.05, 3.63) is 47.0 Å². The van der Waals surface area contributed by atoms with Gasteiger partial charge < -0.3 is 9.64 Å². The van der Waals surface area contributed by atoms with Crippen LogP contribution in [0.15, 0.2) is 41.4 Å². The molecule has 1 aliphatic rings. The van der Waals surface area contributed by atoms with E-state index in [1.807, 2.05) is 18.2 Å². The number of hydrogen-bond donors (Lipinski definition) is 0. The van der Waals surface area contributed by atoms with Crippen molar-refractivity contribution in [2.45, 2.75) is 6.54 Å². The molecule has 1 aromatic rings. The summed E-state index contributed by atoms with van der Waals surface area (Å²) in [7, 11) is 1.40. The summed E-state index contributed by atoms with van der Waals surface area (Å²) in [5.41, 5.74) is 1.26. The molecule has 0 bridgehead atoms. The molecule has 3 nitrogen and oxygen atoms in total. The average Bonchev–Trinajstić information content (AvgIpc) is 2.78. The number of thioether (sulfide) groups is 1. The summed E-state index contributed by atoms with van der Waals surface area (Å²) in [6, 6.07) is 10.3. The van der Waals surface area contributed by atoms with E-state index in [-0.39, 0.29) is 5.97 Å². The maximum atomic E-state index is 11.2. The topological polar surface area (TPSA) is 29.5 Å². The van der Waals surface area contributed by atoms with Crippen molar-refractivity contribution in [1.29, 1.82) is 0 Å². The third-order valence-electron chi connectivity index (χ3n) is 2.58. The Morgan fingerprint density at radius 2 is 2.24 bits per heavy atom. The fourth-order valence-corrected chi connectivity index (χ4v) is 2.75. The summed E-state index contributed by atoms with van der Waals surface area (Å²) in [4.78, 5) is 13.4. The Balaban J connectivity index is 2.05. The minimum Gasteiger partial charge on any atom is -0.466 e. The number of esters is 1. The van der Waals surface area contributed by atoms with E-state index in [0.29, 0.717) is 0 Å². The molecular weight excluding hydrogens is 234 g/mol. The smallest absolute Gasteiger partial charge is 0.333 e. The van der Waals surface area contributed by atoms with E-state index in [4.69, 9.17) is 0 Å². The second-order valence-corrected chi connectivity index (χ2v) is 4.88. The van der Waals surface area contributed by atoms with Crippen LogP contribution in [0.4, 0.5) is 0 Å². The van der Waals surface area contributed by atoms with Gasteiger partial charge in [0, 0.05) is 18.8 Å². The Hall–Kier alpha value is -1.42. The molecule has 1 fully saturated rings. The van der Waals surface area contributed by atoms with Crippen LogP contribution in [0.3, 0.4) is 0 Å². The lowest BCUT2D eigenvalue weighted by Gasteiger charge is -2.18. The molecule has 1 aliphatic heterocycles. The molecule has 17 heavy (non-hydrogen) atoms. The quantitative estimate of drug-likeness (QED) is 0.607. The summed E-state index contributed by atoms with van der Waals surface area (Å²) in [6.07, 6.45) is 1.57. The Morgan fingerprint density at radius 1 is 1.47 bits per heavy atom. The summed E-state index contributed by atoms with van der Waals surface area (Å²) >= 11 is 1.70. The Kier molecular flexibility index (Phi) is 4.09. The van der Waals surface area contributed by atoms with Gasteiger partial charge in [0.25, 0.3) is 0 Å². The van der Waals surface area contributed by atoms with Crippen LogP contribution in [0.25, 0.3) is 0 Å². The summed E-state index contributed by atoms with van der Waals surface area (Å²) < 4.78 is 4.66. The zero-order chi connectivity index (χ0) is 12.1. The number of methoxy groups -OCH3 is 1. The molecule has 1 heterocycles. The molecule has 0 atom stereocenters. The lowest BCUT2D eigenvalue weighted by molar-refractivity contribution is -0.134. The lowest BCUT2D eigenvalue weighted by atomic mass is 10.2. The number of hydrogen-bond acceptors (Lipinski definition) is 4. The molecule has 90 valence electrons. The van der Waals surface area contributed by atoms with Gasteiger partial charge in [0.2, 0.25) is 0 Å². The first-order valence-corrected chi connectivity index (χ1v) is 6.49. The maximum Gasteiger partial charge on any atom is 0.333 e. The van der Waals surface area contributed by atoms with Gasteiger partial charge in [0.05, 0.1) is 18.2 Å². The van der Waals surface area contributed by atoms with Crippen LogP contribution in [-0.2, 0) is 16.1 Å². The number of nitrogens with zero attached hydrogens (tertiary/aromatic N) is 1. The molecule has 0 spiro atoms. The van der Waals surface area contributed by atoms with Gasteiger partial charge in [0.15, 0.2) is 0 Å². The molecular formula is C13H15NO2S. The predicted octanol–water partition coefficient (Wildman–Crippen LogP) is 2.25. The van der Waals surface area contributed by atoms with Crippen LogP contribution in [0.5, 0.6) is 0 Å². The van der Waals surface area contributed by atoms with E-state index >= 15 is 0 Å². The molecule has 0 unspecified atom stereocenters. The van der Waals surface area contributed by atoms with Crippen molar-refractivity contribution in [2.75, 3.05) is 19.4 Å². The predicted molar refractivity (Wildman–Crippen MR) is 69.4 cm³/mol. The van der Waals surface area contributed by atoms with Crippen LogP contribution in [0.2, 0.25) is 0 Å². The molecule has 1 saturated heterocycles. The van der Waals surface area contributed by atoms with Crippen molar-refractivity contribution >= 4 is 17.7 Å². The highest BCUT2D eigenvalue weighted by Crippen LogP contribution is 2.29. The van der Waals surface area contributed by atoms with Gasteiger partial charge in [-0.25, -0.2) is 4.79 Å². The fourth-order valence-electron chi connectivity index (χ4n) is 1.72. The van der Waals surface area contributed by atoms with Crippen LogP contribution in [-0.4, -0.2) is 30.3 Å². The second-order valence-electron chi connectivity index (χ2n) is 3.76. The molecule has 0 amide bonds. The van der Waals surface area contributed by atoms with Crippen molar-refractivity contribution in [2.24, 2.45) is 0 Å². The second kappa shape index (κ2) is 5.77. The van der Waals surface area contributed by atoms with Gasteiger partial charge in [-0.2, -0.15) is 0 Å².